The summed E-state index contributed by atoms with van der Waals surface area (Å²) in [6.07, 6.45) is 0.828. The second-order valence-corrected chi connectivity index (χ2v) is 4.57. The molecule has 0 unspecified atom stereocenters. The molecule has 1 saturated heterocycles. The van der Waals surface area contributed by atoms with Gasteiger partial charge in [-0.05, 0) is 0 Å². The summed E-state index contributed by atoms with van der Waals surface area (Å²) in [4.78, 5) is 9.12. The van der Waals surface area contributed by atoms with E-state index in [1.807, 2.05) is 6.92 Å². The van der Waals surface area contributed by atoms with E-state index in [4.69, 9.17) is 9.26 Å². The Labute approximate surface area is 108 Å². The van der Waals surface area contributed by atoms with Gasteiger partial charge in [-0.1, -0.05) is 12.1 Å². The largest absolute Gasteiger partial charge is 0.383 e. The SMILES string of the molecule is CCc1noc(CN2CCN(CCOC)CC2)n1. The van der Waals surface area contributed by atoms with Gasteiger partial charge in [-0.3, -0.25) is 9.80 Å². The van der Waals surface area contributed by atoms with Crippen molar-refractivity contribution in [3.05, 3.63) is 11.7 Å². The van der Waals surface area contributed by atoms with Crippen molar-refractivity contribution in [2.45, 2.75) is 19.9 Å². The van der Waals surface area contributed by atoms with Crippen LogP contribution in [0, 0.1) is 0 Å². The minimum absolute atomic E-state index is 0.734. The molecule has 1 aromatic rings. The monoisotopic (exact) mass is 254 g/mol. The van der Waals surface area contributed by atoms with Crippen LogP contribution in [-0.2, 0) is 17.7 Å². The van der Waals surface area contributed by atoms with Gasteiger partial charge in [-0.15, -0.1) is 0 Å². The van der Waals surface area contributed by atoms with Crippen LogP contribution in [0.15, 0.2) is 4.52 Å². The molecule has 6 nitrogen and oxygen atoms in total. The van der Waals surface area contributed by atoms with Crippen LogP contribution in [0.2, 0.25) is 0 Å². The third kappa shape index (κ3) is 3.76. The van der Waals surface area contributed by atoms with Crippen LogP contribution in [0.3, 0.4) is 0 Å². The quantitative estimate of drug-likeness (QED) is 0.732. The average Bonchev–Trinajstić information content (AvgIpc) is 2.86. The minimum atomic E-state index is 0.734. The number of hydrogen-bond donors (Lipinski definition) is 0. The minimum Gasteiger partial charge on any atom is -0.383 e. The summed E-state index contributed by atoms with van der Waals surface area (Å²) in [6.45, 7) is 8.89. The summed E-state index contributed by atoms with van der Waals surface area (Å²) in [5.41, 5.74) is 0. The molecule has 1 fully saturated rings. The van der Waals surface area contributed by atoms with Crippen molar-refractivity contribution < 1.29 is 9.26 Å². The summed E-state index contributed by atoms with van der Waals surface area (Å²) in [6, 6.07) is 0. The van der Waals surface area contributed by atoms with Gasteiger partial charge in [0, 0.05) is 46.3 Å². The highest BCUT2D eigenvalue weighted by molar-refractivity contribution is 4.86. The van der Waals surface area contributed by atoms with Crippen LogP contribution >= 0.6 is 0 Å². The van der Waals surface area contributed by atoms with Gasteiger partial charge >= 0.3 is 0 Å². The van der Waals surface area contributed by atoms with Crippen molar-refractivity contribution in [1.29, 1.82) is 0 Å². The molecular weight excluding hydrogens is 232 g/mol. The standard InChI is InChI=1S/C12H22N4O2/c1-3-11-13-12(18-14-11)10-16-6-4-15(5-7-16)8-9-17-2/h3-10H2,1-2H3. The molecule has 2 rings (SSSR count). The van der Waals surface area contributed by atoms with Crippen LogP contribution in [0.4, 0.5) is 0 Å². The molecular formula is C12H22N4O2. The molecule has 6 heteroatoms. The van der Waals surface area contributed by atoms with E-state index in [1.165, 1.54) is 0 Å². The van der Waals surface area contributed by atoms with Gasteiger partial charge in [0.05, 0.1) is 13.2 Å². The number of hydrogen-bond acceptors (Lipinski definition) is 6. The molecule has 0 saturated carbocycles. The zero-order chi connectivity index (χ0) is 12.8. The smallest absolute Gasteiger partial charge is 0.240 e. The van der Waals surface area contributed by atoms with Crippen LogP contribution in [0.25, 0.3) is 0 Å². The highest BCUT2D eigenvalue weighted by atomic mass is 16.5. The van der Waals surface area contributed by atoms with E-state index >= 15 is 0 Å². The van der Waals surface area contributed by atoms with E-state index < -0.39 is 0 Å². The fourth-order valence-corrected chi connectivity index (χ4v) is 2.08. The predicted molar refractivity (Wildman–Crippen MR) is 67.3 cm³/mol. The number of aryl methyl sites for hydroxylation is 1. The second kappa shape index (κ2) is 6.82. The van der Waals surface area contributed by atoms with Crippen LogP contribution in [-0.4, -0.2) is 66.4 Å². The Morgan fingerprint density at radius 1 is 1.22 bits per heavy atom. The van der Waals surface area contributed by atoms with E-state index in [0.717, 1.165) is 64.0 Å². The van der Waals surface area contributed by atoms with E-state index in [2.05, 4.69) is 19.9 Å². The van der Waals surface area contributed by atoms with Gasteiger partial charge in [0.15, 0.2) is 5.82 Å². The summed E-state index contributed by atoms with van der Waals surface area (Å²) < 4.78 is 10.3. The first-order valence-electron chi connectivity index (χ1n) is 6.57. The Hall–Kier alpha value is -0.980. The zero-order valence-corrected chi connectivity index (χ0v) is 11.3. The first-order chi connectivity index (χ1) is 8.81. The fraction of sp³-hybridized carbons (Fsp3) is 0.833. The van der Waals surface area contributed by atoms with Crippen molar-refractivity contribution >= 4 is 0 Å². The molecule has 2 heterocycles. The maximum atomic E-state index is 5.21. The van der Waals surface area contributed by atoms with Gasteiger partial charge < -0.3 is 9.26 Å². The van der Waals surface area contributed by atoms with Crippen LogP contribution in [0.5, 0.6) is 0 Å². The van der Waals surface area contributed by atoms with Gasteiger partial charge in [0.2, 0.25) is 5.89 Å². The summed E-state index contributed by atoms with van der Waals surface area (Å²) in [5.74, 6) is 1.53. The lowest BCUT2D eigenvalue weighted by atomic mass is 10.3. The van der Waals surface area contributed by atoms with E-state index in [1.54, 1.807) is 7.11 Å². The normalized spacial score (nSPS) is 18.3. The number of rotatable bonds is 6. The van der Waals surface area contributed by atoms with Crippen LogP contribution in [0.1, 0.15) is 18.6 Å². The molecule has 18 heavy (non-hydrogen) atoms. The topological polar surface area (TPSA) is 54.6 Å². The van der Waals surface area contributed by atoms with Crippen molar-refractivity contribution in [3.8, 4) is 0 Å². The molecule has 1 aliphatic heterocycles. The number of piperazine rings is 1. The third-order valence-corrected chi connectivity index (χ3v) is 3.26. The van der Waals surface area contributed by atoms with Gasteiger partial charge in [-0.2, -0.15) is 4.98 Å². The zero-order valence-electron chi connectivity index (χ0n) is 11.3. The predicted octanol–water partition coefficient (Wildman–Crippen LogP) is 0.396. The Morgan fingerprint density at radius 2 is 1.94 bits per heavy atom. The third-order valence-electron chi connectivity index (χ3n) is 3.26. The maximum absolute atomic E-state index is 5.21. The molecule has 0 spiro atoms. The van der Waals surface area contributed by atoms with Crippen LogP contribution < -0.4 is 0 Å². The highest BCUT2D eigenvalue weighted by Crippen LogP contribution is 2.07. The molecule has 0 atom stereocenters. The first-order valence-corrected chi connectivity index (χ1v) is 6.57. The molecule has 0 aliphatic carbocycles. The van der Waals surface area contributed by atoms with E-state index in [0.29, 0.717) is 0 Å². The lowest BCUT2D eigenvalue weighted by Gasteiger charge is -2.33. The molecule has 1 aromatic heterocycles. The number of nitrogens with zero attached hydrogens (tertiary/aromatic N) is 4. The number of methoxy groups -OCH3 is 1. The Balaban J connectivity index is 1.73. The fourth-order valence-electron chi connectivity index (χ4n) is 2.08. The van der Waals surface area contributed by atoms with Gasteiger partial charge in [0.25, 0.3) is 0 Å². The van der Waals surface area contributed by atoms with Crippen molar-refractivity contribution in [1.82, 2.24) is 19.9 Å². The van der Waals surface area contributed by atoms with Crippen molar-refractivity contribution in [3.63, 3.8) is 0 Å². The van der Waals surface area contributed by atoms with E-state index in [9.17, 15) is 0 Å². The lowest BCUT2D eigenvalue weighted by molar-refractivity contribution is 0.0883. The van der Waals surface area contributed by atoms with Gasteiger partial charge in [0.1, 0.15) is 0 Å². The first kappa shape index (κ1) is 13.5. The average molecular weight is 254 g/mol. The molecule has 102 valence electrons. The number of aromatic nitrogens is 2. The summed E-state index contributed by atoms with van der Waals surface area (Å²) >= 11 is 0. The lowest BCUT2D eigenvalue weighted by Crippen LogP contribution is -2.46. The Kier molecular flexibility index (Phi) is 5.10. The van der Waals surface area contributed by atoms with E-state index in [-0.39, 0.29) is 0 Å². The second-order valence-electron chi connectivity index (χ2n) is 4.57. The molecule has 1 aliphatic rings. The Bertz CT molecular complexity index is 348. The number of ether oxygens (including phenoxy) is 1. The molecule has 0 amide bonds. The van der Waals surface area contributed by atoms with Crippen molar-refractivity contribution in [2.24, 2.45) is 0 Å². The van der Waals surface area contributed by atoms with Gasteiger partial charge in [-0.25, -0.2) is 0 Å². The Morgan fingerprint density at radius 3 is 2.56 bits per heavy atom. The highest BCUT2D eigenvalue weighted by Gasteiger charge is 2.18. The van der Waals surface area contributed by atoms with Crippen molar-refractivity contribution in [2.75, 3.05) is 46.4 Å². The summed E-state index contributed by atoms with van der Waals surface area (Å²) in [5, 5.41) is 3.92. The summed E-state index contributed by atoms with van der Waals surface area (Å²) in [7, 11) is 1.75. The maximum Gasteiger partial charge on any atom is 0.240 e. The molecule has 0 bridgehead atoms. The molecule has 0 N–H and O–H groups in total. The molecule has 0 aromatic carbocycles. The molecule has 0 radical (unpaired) electrons.